The average Bonchev–Trinajstić information content (AvgIpc) is 2.25. The second-order valence-corrected chi connectivity index (χ2v) is 4.67. The van der Waals surface area contributed by atoms with Gasteiger partial charge in [-0.3, -0.25) is 0 Å². The number of benzene rings is 1. The Bertz CT molecular complexity index is 271. The molecule has 0 aliphatic heterocycles. The molecule has 1 unspecified atom stereocenters. The minimum Gasteiger partial charge on any atom is -0.380 e. The standard InChI is InChI=1S/C14H23NO/c1-13(12-16-10-9-15(2)3)11-14-7-5-4-6-8-14/h4-8,13H,9-12H2,1-3H3. The second kappa shape index (κ2) is 7.42. The third-order valence-corrected chi connectivity index (χ3v) is 2.51. The van der Waals surface area contributed by atoms with Gasteiger partial charge in [-0.1, -0.05) is 37.3 Å². The summed E-state index contributed by atoms with van der Waals surface area (Å²) in [5.74, 6) is 0.588. The number of nitrogens with zero attached hydrogens (tertiary/aromatic N) is 1. The summed E-state index contributed by atoms with van der Waals surface area (Å²) < 4.78 is 5.64. The first-order valence-corrected chi connectivity index (χ1v) is 5.95. The molecular weight excluding hydrogens is 198 g/mol. The fourth-order valence-electron chi connectivity index (χ4n) is 1.61. The molecule has 0 saturated carbocycles. The van der Waals surface area contributed by atoms with Gasteiger partial charge in [0.15, 0.2) is 0 Å². The number of hydrogen-bond acceptors (Lipinski definition) is 2. The van der Waals surface area contributed by atoms with Crippen molar-refractivity contribution in [3.63, 3.8) is 0 Å². The number of likely N-dealkylation sites (N-methyl/N-ethyl adjacent to an activating group) is 1. The second-order valence-electron chi connectivity index (χ2n) is 4.67. The summed E-state index contributed by atoms with van der Waals surface area (Å²) in [5, 5.41) is 0. The van der Waals surface area contributed by atoms with Crippen molar-refractivity contribution in [3.8, 4) is 0 Å². The SMILES string of the molecule is CC(COCCN(C)C)Cc1ccccc1. The van der Waals surface area contributed by atoms with Crippen LogP contribution < -0.4 is 0 Å². The molecule has 2 nitrogen and oxygen atoms in total. The molecule has 16 heavy (non-hydrogen) atoms. The van der Waals surface area contributed by atoms with Gasteiger partial charge in [-0.25, -0.2) is 0 Å². The van der Waals surface area contributed by atoms with Crippen molar-refractivity contribution in [2.45, 2.75) is 13.3 Å². The van der Waals surface area contributed by atoms with Crippen molar-refractivity contribution >= 4 is 0 Å². The molecule has 1 aromatic rings. The highest BCUT2D eigenvalue weighted by molar-refractivity contribution is 5.14. The third-order valence-electron chi connectivity index (χ3n) is 2.51. The zero-order valence-corrected chi connectivity index (χ0v) is 10.6. The Labute approximate surface area is 99.2 Å². The van der Waals surface area contributed by atoms with Crippen LogP contribution in [0.25, 0.3) is 0 Å². The van der Waals surface area contributed by atoms with Crippen LogP contribution in [0, 0.1) is 5.92 Å². The summed E-state index contributed by atoms with van der Waals surface area (Å²) in [6.45, 7) is 4.91. The molecule has 1 rings (SSSR count). The smallest absolute Gasteiger partial charge is 0.0593 e. The van der Waals surface area contributed by atoms with Crippen LogP contribution in [0.15, 0.2) is 30.3 Å². The zero-order valence-electron chi connectivity index (χ0n) is 10.6. The lowest BCUT2D eigenvalue weighted by molar-refractivity contribution is 0.0920. The summed E-state index contributed by atoms with van der Waals surface area (Å²) in [5.41, 5.74) is 1.39. The Morgan fingerprint density at radius 1 is 1.19 bits per heavy atom. The molecule has 90 valence electrons. The van der Waals surface area contributed by atoms with Crippen molar-refractivity contribution < 1.29 is 4.74 Å². The van der Waals surface area contributed by atoms with E-state index in [1.807, 2.05) is 0 Å². The van der Waals surface area contributed by atoms with Crippen LogP contribution in [0.2, 0.25) is 0 Å². The Morgan fingerprint density at radius 3 is 2.50 bits per heavy atom. The highest BCUT2D eigenvalue weighted by Gasteiger charge is 2.03. The van der Waals surface area contributed by atoms with E-state index in [1.54, 1.807) is 0 Å². The Kier molecular flexibility index (Phi) is 6.12. The molecule has 0 aliphatic rings. The van der Waals surface area contributed by atoms with Crippen LogP contribution >= 0.6 is 0 Å². The van der Waals surface area contributed by atoms with Crippen molar-refractivity contribution in [2.24, 2.45) is 5.92 Å². The Morgan fingerprint density at radius 2 is 1.88 bits per heavy atom. The largest absolute Gasteiger partial charge is 0.380 e. The molecule has 0 fully saturated rings. The number of rotatable bonds is 7. The van der Waals surface area contributed by atoms with Gasteiger partial charge in [0, 0.05) is 13.2 Å². The highest BCUT2D eigenvalue weighted by atomic mass is 16.5. The van der Waals surface area contributed by atoms with Gasteiger partial charge in [-0.05, 0) is 32.0 Å². The quantitative estimate of drug-likeness (QED) is 0.656. The summed E-state index contributed by atoms with van der Waals surface area (Å²) in [4.78, 5) is 2.14. The fraction of sp³-hybridized carbons (Fsp3) is 0.571. The van der Waals surface area contributed by atoms with E-state index in [2.05, 4.69) is 56.3 Å². The molecule has 1 atom stereocenters. The van der Waals surface area contributed by atoms with Gasteiger partial charge >= 0.3 is 0 Å². The van der Waals surface area contributed by atoms with Gasteiger partial charge in [0.1, 0.15) is 0 Å². The predicted molar refractivity (Wildman–Crippen MR) is 68.7 cm³/mol. The lowest BCUT2D eigenvalue weighted by Crippen LogP contribution is -2.20. The molecule has 0 amide bonds. The maximum absolute atomic E-state index is 5.64. The van der Waals surface area contributed by atoms with E-state index in [0.29, 0.717) is 5.92 Å². The first-order chi connectivity index (χ1) is 7.68. The van der Waals surface area contributed by atoms with Crippen LogP contribution in [0.5, 0.6) is 0 Å². The van der Waals surface area contributed by atoms with Crippen molar-refractivity contribution in [3.05, 3.63) is 35.9 Å². The molecule has 0 radical (unpaired) electrons. The van der Waals surface area contributed by atoms with Gasteiger partial charge < -0.3 is 9.64 Å². The maximum Gasteiger partial charge on any atom is 0.0593 e. The van der Waals surface area contributed by atoms with E-state index >= 15 is 0 Å². The maximum atomic E-state index is 5.64. The Balaban J connectivity index is 2.14. The molecule has 0 N–H and O–H groups in total. The molecule has 0 spiro atoms. The summed E-state index contributed by atoms with van der Waals surface area (Å²) in [7, 11) is 4.13. The lowest BCUT2D eigenvalue weighted by Gasteiger charge is -2.14. The summed E-state index contributed by atoms with van der Waals surface area (Å²) in [6.07, 6.45) is 1.10. The van der Waals surface area contributed by atoms with Gasteiger partial charge in [0.2, 0.25) is 0 Å². The molecule has 2 heteroatoms. The summed E-state index contributed by atoms with van der Waals surface area (Å²) in [6, 6.07) is 10.6. The first-order valence-electron chi connectivity index (χ1n) is 5.95. The van der Waals surface area contributed by atoms with Crippen LogP contribution in [-0.2, 0) is 11.2 Å². The van der Waals surface area contributed by atoms with Crippen molar-refractivity contribution in [1.82, 2.24) is 4.90 Å². The summed E-state index contributed by atoms with van der Waals surface area (Å²) >= 11 is 0. The Hall–Kier alpha value is -0.860. The van der Waals surface area contributed by atoms with Crippen LogP contribution in [0.1, 0.15) is 12.5 Å². The third kappa shape index (κ3) is 5.89. The van der Waals surface area contributed by atoms with E-state index in [0.717, 1.165) is 26.2 Å². The molecular formula is C14H23NO. The van der Waals surface area contributed by atoms with E-state index in [-0.39, 0.29) is 0 Å². The molecule has 0 saturated heterocycles. The number of hydrogen-bond donors (Lipinski definition) is 0. The normalized spacial score (nSPS) is 13.0. The molecule has 0 bridgehead atoms. The monoisotopic (exact) mass is 221 g/mol. The number of ether oxygens (including phenoxy) is 1. The molecule has 1 aromatic carbocycles. The minimum absolute atomic E-state index is 0.588. The first kappa shape index (κ1) is 13.2. The van der Waals surface area contributed by atoms with Crippen LogP contribution in [0.3, 0.4) is 0 Å². The van der Waals surface area contributed by atoms with E-state index in [4.69, 9.17) is 4.74 Å². The molecule has 0 heterocycles. The van der Waals surface area contributed by atoms with Gasteiger partial charge in [-0.2, -0.15) is 0 Å². The predicted octanol–water partition coefficient (Wildman–Crippen LogP) is 2.44. The van der Waals surface area contributed by atoms with Gasteiger partial charge in [0.25, 0.3) is 0 Å². The minimum atomic E-state index is 0.588. The van der Waals surface area contributed by atoms with Crippen molar-refractivity contribution in [1.29, 1.82) is 0 Å². The zero-order chi connectivity index (χ0) is 11.8. The highest BCUT2D eigenvalue weighted by Crippen LogP contribution is 2.08. The average molecular weight is 221 g/mol. The fourth-order valence-corrected chi connectivity index (χ4v) is 1.61. The van der Waals surface area contributed by atoms with Gasteiger partial charge in [0.05, 0.1) is 6.61 Å². The van der Waals surface area contributed by atoms with E-state index < -0.39 is 0 Å². The van der Waals surface area contributed by atoms with E-state index in [9.17, 15) is 0 Å². The van der Waals surface area contributed by atoms with Gasteiger partial charge in [-0.15, -0.1) is 0 Å². The molecule has 0 aromatic heterocycles. The topological polar surface area (TPSA) is 12.5 Å². The lowest BCUT2D eigenvalue weighted by atomic mass is 10.0. The van der Waals surface area contributed by atoms with Crippen molar-refractivity contribution in [2.75, 3.05) is 33.9 Å². The van der Waals surface area contributed by atoms with E-state index in [1.165, 1.54) is 5.56 Å². The molecule has 0 aliphatic carbocycles. The van der Waals surface area contributed by atoms with Crippen LogP contribution in [0.4, 0.5) is 0 Å². The van der Waals surface area contributed by atoms with Crippen LogP contribution in [-0.4, -0.2) is 38.8 Å².